The minimum Gasteiger partial charge on any atom is -0.478 e. The van der Waals surface area contributed by atoms with E-state index < -0.39 is 27.4 Å². The van der Waals surface area contributed by atoms with E-state index >= 15 is 0 Å². The molecule has 16 heavy (non-hydrogen) atoms. The zero-order chi connectivity index (χ0) is 12.3. The topological polar surface area (TPSA) is 110 Å². The van der Waals surface area contributed by atoms with Gasteiger partial charge in [0.05, 0.1) is 6.26 Å². The summed E-state index contributed by atoms with van der Waals surface area (Å²) in [6, 6.07) is 0. The highest BCUT2D eigenvalue weighted by Gasteiger charge is 2.19. The predicted molar refractivity (Wildman–Crippen MR) is 53.2 cm³/mol. The average Bonchev–Trinajstić information content (AvgIpc) is 2.14. The predicted octanol–water partition coefficient (Wildman–Crippen LogP) is -0.531. The Hall–Kier alpha value is -1.96. The van der Waals surface area contributed by atoms with Crippen LogP contribution < -0.4 is 0 Å². The lowest BCUT2D eigenvalue weighted by Gasteiger charge is -2.03. The molecular formula is C8H7NO6S. The third-order valence-electron chi connectivity index (χ3n) is 1.47. The molecule has 0 heterocycles. The first kappa shape index (κ1) is 12.1. The molecule has 0 bridgehead atoms. The number of carboxylic acid groups (broad SMARTS) is 1. The number of hydrogen-bond acceptors (Lipinski definition) is 6. The van der Waals surface area contributed by atoms with Gasteiger partial charge in [-0.05, 0) is 18.2 Å². The summed E-state index contributed by atoms with van der Waals surface area (Å²) in [6.07, 6.45) is 3.83. The highest BCUT2D eigenvalue weighted by molar-refractivity contribution is 7.85. The molecule has 1 rings (SSSR count). The highest BCUT2D eigenvalue weighted by atomic mass is 32.2. The average molecular weight is 245 g/mol. The van der Waals surface area contributed by atoms with E-state index in [0.29, 0.717) is 0 Å². The van der Waals surface area contributed by atoms with Crippen LogP contribution in [0.3, 0.4) is 0 Å². The third kappa shape index (κ3) is 3.31. The van der Waals surface area contributed by atoms with Crippen LogP contribution in [-0.2, 0) is 24.0 Å². The molecule has 0 aromatic rings. The number of ketones is 1. The summed E-state index contributed by atoms with van der Waals surface area (Å²) in [6.45, 7) is 0. The van der Waals surface area contributed by atoms with Crippen molar-refractivity contribution in [3.63, 3.8) is 0 Å². The van der Waals surface area contributed by atoms with Gasteiger partial charge in [-0.1, -0.05) is 5.16 Å². The van der Waals surface area contributed by atoms with E-state index in [4.69, 9.17) is 5.11 Å². The fourth-order valence-corrected chi connectivity index (χ4v) is 1.07. The molecule has 0 amide bonds. The number of carboxylic acids is 1. The normalized spacial score (nSPS) is 18.4. The van der Waals surface area contributed by atoms with Crippen molar-refractivity contribution in [3.8, 4) is 0 Å². The van der Waals surface area contributed by atoms with E-state index in [0.717, 1.165) is 24.5 Å². The molecule has 0 aliphatic heterocycles. The molecule has 0 unspecified atom stereocenters. The highest BCUT2D eigenvalue weighted by Crippen LogP contribution is 2.07. The lowest BCUT2D eigenvalue weighted by molar-refractivity contribution is -0.134. The minimum atomic E-state index is -3.76. The summed E-state index contributed by atoms with van der Waals surface area (Å²) < 4.78 is 25.3. The number of carbonyl (C=O) groups is 2. The van der Waals surface area contributed by atoms with E-state index in [1.54, 1.807) is 0 Å². The maximum absolute atomic E-state index is 11.0. The minimum absolute atomic E-state index is 0.0672. The van der Waals surface area contributed by atoms with Crippen LogP contribution in [0.1, 0.15) is 0 Å². The van der Waals surface area contributed by atoms with Crippen LogP contribution in [0.4, 0.5) is 0 Å². The molecule has 0 spiro atoms. The quantitative estimate of drug-likeness (QED) is 0.406. The van der Waals surface area contributed by atoms with Gasteiger partial charge in [-0.2, -0.15) is 8.42 Å². The lowest BCUT2D eigenvalue weighted by Crippen LogP contribution is -2.15. The van der Waals surface area contributed by atoms with Crippen LogP contribution in [-0.4, -0.2) is 37.2 Å². The first-order chi connectivity index (χ1) is 7.29. The molecule has 8 heteroatoms. The second kappa shape index (κ2) is 4.27. The maximum Gasteiger partial charge on any atom is 0.339 e. The Morgan fingerprint density at radius 3 is 2.56 bits per heavy atom. The Morgan fingerprint density at radius 1 is 1.44 bits per heavy atom. The van der Waals surface area contributed by atoms with Crippen LogP contribution in [0.2, 0.25) is 0 Å². The molecule has 0 saturated heterocycles. The van der Waals surface area contributed by atoms with E-state index in [1.165, 1.54) is 0 Å². The summed E-state index contributed by atoms with van der Waals surface area (Å²) in [5, 5.41) is 11.8. The van der Waals surface area contributed by atoms with Crippen molar-refractivity contribution in [3.05, 3.63) is 23.8 Å². The van der Waals surface area contributed by atoms with Crippen molar-refractivity contribution in [2.45, 2.75) is 0 Å². The van der Waals surface area contributed by atoms with E-state index in [9.17, 15) is 18.0 Å². The number of nitrogens with zero attached hydrogens (tertiary/aromatic N) is 1. The van der Waals surface area contributed by atoms with Crippen LogP contribution in [0.5, 0.6) is 0 Å². The van der Waals surface area contributed by atoms with Crippen molar-refractivity contribution < 1.29 is 27.4 Å². The molecule has 0 radical (unpaired) electrons. The smallest absolute Gasteiger partial charge is 0.339 e. The van der Waals surface area contributed by atoms with Gasteiger partial charge in [-0.3, -0.25) is 9.08 Å². The van der Waals surface area contributed by atoms with Crippen molar-refractivity contribution in [2.75, 3.05) is 6.26 Å². The Kier molecular flexibility index (Phi) is 3.23. The number of aliphatic carboxylic acids is 1. The Balaban J connectivity index is 2.98. The van der Waals surface area contributed by atoms with Gasteiger partial charge < -0.3 is 5.11 Å². The number of hydrogen-bond donors (Lipinski definition) is 1. The van der Waals surface area contributed by atoms with Crippen molar-refractivity contribution in [1.29, 1.82) is 0 Å². The van der Waals surface area contributed by atoms with Gasteiger partial charge in [0.15, 0.2) is 5.78 Å². The first-order valence-electron chi connectivity index (χ1n) is 3.93. The second-order valence-corrected chi connectivity index (χ2v) is 4.41. The Morgan fingerprint density at radius 2 is 2.06 bits per heavy atom. The third-order valence-corrected chi connectivity index (χ3v) is 1.82. The van der Waals surface area contributed by atoms with Crippen molar-refractivity contribution in [1.82, 2.24) is 0 Å². The molecule has 1 aliphatic rings. The fraction of sp³-hybridized carbons (Fsp3) is 0.125. The summed E-state index contributed by atoms with van der Waals surface area (Å²) in [5.74, 6) is -2.10. The van der Waals surface area contributed by atoms with E-state index in [-0.39, 0.29) is 5.71 Å². The number of allylic oxidation sites excluding steroid dienone is 3. The van der Waals surface area contributed by atoms with Gasteiger partial charge in [0.2, 0.25) is 0 Å². The zero-order valence-electron chi connectivity index (χ0n) is 8.08. The van der Waals surface area contributed by atoms with Gasteiger partial charge in [0.25, 0.3) is 0 Å². The van der Waals surface area contributed by atoms with E-state index in [1.807, 2.05) is 0 Å². The molecule has 1 N–H and O–H groups in total. The van der Waals surface area contributed by atoms with Gasteiger partial charge in [-0.15, -0.1) is 0 Å². The van der Waals surface area contributed by atoms with E-state index in [2.05, 4.69) is 9.44 Å². The van der Waals surface area contributed by atoms with Gasteiger partial charge in [0, 0.05) is 0 Å². The van der Waals surface area contributed by atoms with Gasteiger partial charge in [-0.25, -0.2) is 4.79 Å². The van der Waals surface area contributed by atoms with Crippen LogP contribution in [0, 0.1) is 0 Å². The largest absolute Gasteiger partial charge is 0.478 e. The number of rotatable bonds is 3. The summed E-state index contributed by atoms with van der Waals surface area (Å²) in [7, 11) is -3.76. The number of oxime groups is 1. The summed E-state index contributed by atoms with van der Waals surface area (Å²) in [4.78, 5) is 21.6. The monoisotopic (exact) mass is 245 g/mol. The standard InChI is InChI=1S/C8H7NO6S/c1-16(13,14)15-9-5-2-3-7(10)6(4-5)8(11)12/h2-4H,1H3,(H,11,12)/b9-5+. The molecule has 0 aromatic carbocycles. The molecule has 7 nitrogen and oxygen atoms in total. The van der Waals surface area contributed by atoms with Crippen molar-refractivity contribution in [2.24, 2.45) is 5.16 Å². The van der Waals surface area contributed by atoms with Crippen molar-refractivity contribution >= 4 is 27.6 Å². The summed E-state index contributed by atoms with van der Waals surface area (Å²) in [5.41, 5.74) is -0.569. The molecule has 0 aromatic heterocycles. The first-order valence-corrected chi connectivity index (χ1v) is 5.75. The second-order valence-electron chi connectivity index (χ2n) is 2.86. The lowest BCUT2D eigenvalue weighted by atomic mass is 10.0. The SMILES string of the molecule is CS(=O)(=O)O/N=C1\C=CC(=O)C(C(=O)O)=C1. The Labute approximate surface area is 90.8 Å². The molecular weight excluding hydrogens is 238 g/mol. The number of carbonyl (C=O) groups excluding carboxylic acids is 1. The molecule has 0 atom stereocenters. The molecule has 1 aliphatic carbocycles. The van der Waals surface area contributed by atoms with Gasteiger partial charge >= 0.3 is 16.1 Å². The molecule has 86 valence electrons. The zero-order valence-corrected chi connectivity index (χ0v) is 8.89. The Bertz CT molecular complexity index is 525. The molecule has 0 saturated carbocycles. The fourth-order valence-electron chi connectivity index (χ4n) is 0.853. The van der Waals surface area contributed by atoms with Crippen LogP contribution in [0.25, 0.3) is 0 Å². The summed E-state index contributed by atoms with van der Waals surface area (Å²) >= 11 is 0. The maximum atomic E-state index is 11.0. The van der Waals surface area contributed by atoms with Crippen LogP contribution >= 0.6 is 0 Å². The molecule has 0 fully saturated rings. The van der Waals surface area contributed by atoms with Gasteiger partial charge in [0.1, 0.15) is 11.3 Å². The van der Waals surface area contributed by atoms with Crippen LogP contribution in [0.15, 0.2) is 29.0 Å².